The monoisotopic (exact) mass is 228 g/mol. The van der Waals surface area contributed by atoms with Gasteiger partial charge in [-0.2, -0.15) is 10.1 Å². The number of hydrogen-bond donors (Lipinski definition) is 0. The molecule has 1 atom stereocenters. The van der Waals surface area contributed by atoms with E-state index in [0.717, 1.165) is 6.08 Å². The van der Waals surface area contributed by atoms with Crippen LogP contribution in [0.5, 0.6) is 0 Å². The van der Waals surface area contributed by atoms with Crippen molar-refractivity contribution in [1.29, 1.82) is 0 Å². The van der Waals surface area contributed by atoms with Gasteiger partial charge >= 0.3 is 0 Å². The SMILES string of the molecule is C=CC(=O)C1C(=O)N(c2ccccc2)N=C1C. The molecule has 0 saturated carbocycles. The fraction of sp³-hybridized carbons (Fsp3) is 0.154. The van der Waals surface area contributed by atoms with Crippen LogP contribution in [0.1, 0.15) is 6.92 Å². The zero-order valence-corrected chi connectivity index (χ0v) is 9.46. The fourth-order valence-corrected chi connectivity index (χ4v) is 1.77. The Morgan fingerprint density at radius 3 is 2.65 bits per heavy atom. The molecule has 0 aliphatic carbocycles. The van der Waals surface area contributed by atoms with Gasteiger partial charge in [0, 0.05) is 0 Å². The molecular formula is C13H12N2O2. The van der Waals surface area contributed by atoms with E-state index < -0.39 is 5.92 Å². The number of carbonyl (C=O) groups excluding carboxylic acids is 2. The van der Waals surface area contributed by atoms with Crippen molar-refractivity contribution in [3.05, 3.63) is 43.0 Å². The molecule has 1 aromatic carbocycles. The maximum absolute atomic E-state index is 12.1. The summed E-state index contributed by atoms with van der Waals surface area (Å²) in [5, 5.41) is 5.39. The van der Waals surface area contributed by atoms with Gasteiger partial charge < -0.3 is 0 Å². The number of amides is 1. The summed E-state index contributed by atoms with van der Waals surface area (Å²) in [4.78, 5) is 23.6. The maximum Gasteiger partial charge on any atom is 0.264 e. The highest BCUT2D eigenvalue weighted by atomic mass is 16.2. The van der Waals surface area contributed by atoms with Crippen LogP contribution in [-0.4, -0.2) is 17.4 Å². The second kappa shape index (κ2) is 4.33. The van der Waals surface area contributed by atoms with Crippen molar-refractivity contribution in [2.45, 2.75) is 6.92 Å². The quantitative estimate of drug-likeness (QED) is 0.585. The van der Waals surface area contributed by atoms with E-state index in [-0.39, 0.29) is 11.7 Å². The van der Waals surface area contributed by atoms with Gasteiger partial charge in [0.05, 0.1) is 11.4 Å². The van der Waals surface area contributed by atoms with Gasteiger partial charge in [0.2, 0.25) is 0 Å². The fourth-order valence-electron chi connectivity index (χ4n) is 1.77. The van der Waals surface area contributed by atoms with E-state index in [2.05, 4.69) is 11.7 Å². The van der Waals surface area contributed by atoms with Crippen molar-refractivity contribution in [3.63, 3.8) is 0 Å². The zero-order chi connectivity index (χ0) is 12.4. The molecule has 0 N–H and O–H groups in total. The number of hydrazone groups is 1. The van der Waals surface area contributed by atoms with Crippen LogP contribution in [0.2, 0.25) is 0 Å². The summed E-state index contributed by atoms with van der Waals surface area (Å²) in [6, 6.07) is 9.03. The molecule has 1 aromatic rings. The first-order valence-corrected chi connectivity index (χ1v) is 5.25. The summed E-state index contributed by atoms with van der Waals surface area (Å²) in [6.45, 7) is 5.07. The topological polar surface area (TPSA) is 49.7 Å². The van der Waals surface area contributed by atoms with E-state index in [1.807, 2.05) is 18.2 Å². The van der Waals surface area contributed by atoms with Gasteiger partial charge in [-0.05, 0) is 25.1 Å². The highest BCUT2D eigenvalue weighted by Gasteiger charge is 2.38. The molecular weight excluding hydrogens is 216 g/mol. The molecule has 1 aliphatic heterocycles. The lowest BCUT2D eigenvalue weighted by atomic mass is 9.99. The smallest absolute Gasteiger partial charge is 0.264 e. The minimum absolute atomic E-state index is 0.310. The number of rotatable bonds is 3. The van der Waals surface area contributed by atoms with Crippen LogP contribution in [-0.2, 0) is 9.59 Å². The molecule has 2 rings (SSSR count). The molecule has 0 saturated heterocycles. The summed E-state index contributed by atoms with van der Waals surface area (Å²) >= 11 is 0. The third-order valence-corrected chi connectivity index (χ3v) is 2.62. The van der Waals surface area contributed by atoms with Crippen LogP contribution in [0.4, 0.5) is 5.69 Å². The average Bonchev–Trinajstić information content (AvgIpc) is 2.65. The molecule has 1 aliphatic rings. The zero-order valence-electron chi connectivity index (χ0n) is 9.46. The van der Waals surface area contributed by atoms with E-state index in [1.165, 1.54) is 5.01 Å². The van der Waals surface area contributed by atoms with Gasteiger partial charge in [-0.25, -0.2) is 0 Å². The number of benzene rings is 1. The summed E-state index contributed by atoms with van der Waals surface area (Å²) in [6.07, 6.45) is 1.16. The van der Waals surface area contributed by atoms with E-state index in [1.54, 1.807) is 19.1 Å². The number of allylic oxidation sites excluding steroid dienone is 1. The van der Waals surface area contributed by atoms with E-state index in [0.29, 0.717) is 11.4 Å². The van der Waals surface area contributed by atoms with Gasteiger partial charge in [-0.1, -0.05) is 24.8 Å². The van der Waals surface area contributed by atoms with Crippen molar-refractivity contribution in [3.8, 4) is 0 Å². The molecule has 1 heterocycles. The molecule has 17 heavy (non-hydrogen) atoms. The number of nitrogens with zero attached hydrogens (tertiary/aromatic N) is 2. The second-order valence-electron chi connectivity index (χ2n) is 3.77. The normalized spacial score (nSPS) is 19.1. The Hall–Kier alpha value is -2.23. The molecule has 4 nitrogen and oxygen atoms in total. The molecule has 0 radical (unpaired) electrons. The Labute approximate surface area is 99.2 Å². The molecule has 0 aromatic heterocycles. The summed E-state index contributed by atoms with van der Waals surface area (Å²) in [7, 11) is 0. The van der Waals surface area contributed by atoms with Gasteiger partial charge in [0.15, 0.2) is 5.78 Å². The van der Waals surface area contributed by atoms with Crippen LogP contribution >= 0.6 is 0 Å². The van der Waals surface area contributed by atoms with Crippen LogP contribution in [0.25, 0.3) is 0 Å². The Kier molecular flexibility index (Phi) is 2.87. The van der Waals surface area contributed by atoms with E-state index in [4.69, 9.17) is 0 Å². The molecule has 4 heteroatoms. The highest BCUT2D eigenvalue weighted by molar-refractivity contribution is 6.29. The van der Waals surface area contributed by atoms with Gasteiger partial charge in [0.1, 0.15) is 5.92 Å². The van der Waals surface area contributed by atoms with Crippen molar-refractivity contribution >= 4 is 23.1 Å². The first-order valence-electron chi connectivity index (χ1n) is 5.25. The predicted octanol–water partition coefficient (Wildman–Crippen LogP) is 1.78. The van der Waals surface area contributed by atoms with Crippen molar-refractivity contribution in [2.24, 2.45) is 11.0 Å². The Balaban J connectivity index is 2.34. The van der Waals surface area contributed by atoms with Crippen molar-refractivity contribution < 1.29 is 9.59 Å². The van der Waals surface area contributed by atoms with Gasteiger partial charge in [-0.15, -0.1) is 0 Å². The van der Waals surface area contributed by atoms with Crippen LogP contribution in [0, 0.1) is 5.92 Å². The molecule has 0 fully saturated rings. The maximum atomic E-state index is 12.1. The third kappa shape index (κ3) is 1.89. The van der Waals surface area contributed by atoms with E-state index in [9.17, 15) is 9.59 Å². The molecule has 0 spiro atoms. The number of para-hydroxylation sites is 1. The number of hydrogen-bond acceptors (Lipinski definition) is 3. The Bertz CT molecular complexity index is 505. The molecule has 1 unspecified atom stereocenters. The summed E-state index contributed by atoms with van der Waals surface area (Å²) in [5.41, 5.74) is 1.17. The summed E-state index contributed by atoms with van der Waals surface area (Å²) < 4.78 is 0. The number of carbonyl (C=O) groups is 2. The van der Waals surface area contributed by atoms with Gasteiger partial charge in [0.25, 0.3) is 5.91 Å². The Morgan fingerprint density at radius 2 is 2.06 bits per heavy atom. The minimum Gasteiger partial charge on any atom is -0.294 e. The first kappa shape index (κ1) is 11.3. The lowest BCUT2D eigenvalue weighted by Gasteiger charge is -2.12. The first-order chi connectivity index (χ1) is 8.15. The molecule has 86 valence electrons. The molecule has 1 amide bonds. The predicted molar refractivity (Wildman–Crippen MR) is 65.7 cm³/mol. The average molecular weight is 228 g/mol. The van der Waals surface area contributed by atoms with Crippen LogP contribution in [0.3, 0.4) is 0 Å². The second-order valence-corrected chi connectivity index (χ2v) is 3.77. The van der Waals surface area contributed by atoms with Crippen molar-refractivity contribution in [2.75, 3.05) is 5.01 Å². The summed E-state index contributed by atoms with van der Waals surface area (Å²) in [5.74, 6) is -1.44. The van der Waals surface area contributed by atoms with Crippen LogP contribution < -0.4 is 5.01 Å². The number of anilines is 1. The van der Waals surface area contributed by atoms with E-state index >= 15 is 0 Å². The largest absolute Gasteiger partial charge is 0.294 e. The number of ketones is 1. The third-order valence-electron chi connectivity index (χ3n) is 2.62. The highest BCUT2D eigenvalue weighted by Crippen LogP contribution is 2.24. The minimum atomic E-state index is -0.812. The van der Waals surface area contributed by atoms with Crippen LogP contribution in [0.15, 0.2) is 48.1 Å². The van der Waals surface area contributed by atoms with Crippen molar-refractivity contribution in [1.82, 2.24) is 0 Å². The Morgan fingerprint density at radius 1 is 1.41 bits per heavy atom. The lowest BCUT2D eigenvalue weighted by molar-refractivity contribution is -0.126. The lowest BCUT2D eigenvalue weighted by Crippen LogP contribution is -2.31. The standard InChI is InChI=1S/C13H12N2O2/c1-3-11(16)12-9(2)14-15(13(12)17)10-7-5-4-6-8-10/h3-8,12H,1H2,2H3. The van der Waals surface area contributed by atoms with Gasteiger partial charge in [-0.3, -0.25) is 9.59 Å². The molecule has 0 bridgehead atoms.